The molecular weight excluding hydrogens is 258 g/mol. The normalized spacial score (nSPS) is 12.3. The third-order valence-corrected chi connectivity index (χ3v) is 2.60. The van der Waals surface area contributed by atoms with Gasteiger partial charge < -0.3 is 5.73 Å². The second kappa shape index (κ2) is 5.25. The SMILES string of the molecule is CNNC(=O)C(N)c1cc(Br)ccc1C. The molecule has 0 aliphatic carbocycles. The summed E-state index contributed by atoms with van der Waals surface area (Å²) < 4.78 is 0.913. The lowest BCUT2D eigenvalue weighted by Gasteiger charge is -2.14. The molecule has 0 radical (unpaired) electrons. The quantitative estimate of drug-likeness (QED) is 0.719. The molecule has 0 heterocycles. The number of aryl methyl sites for hydroxylation is 1. The van der Waals surface area contributed by atoms with Gasteiger partial charge in [0.25, 0.3) is 5.91 Å². The summed E-state index contributed by atoms with van der Waals surface area (Å²) in [4.78, 5) is 11.5. The van der Waals surface area contributed by atoms with Crippen LogP contribution in [0.4, 0.5) is 0 Å². The van der Waals surface area contributed by atoms with Crippen molar-refractivity contribution < 1.29 is 4.79 Å². The van der Waals surface area contributed by atoms with Gasteiger partial charge in [0.05, 0.1) is 0 Å². The van der Waals surface area contributed by atoms with Crippen molar-refractivity contribution in [2.24, 2.45) is 5.73 Å². The molecule has 5 heteroatoms. The Morgan fingerprint density at radius 2 is 2.20 bits per heavy atom. The zero-order chi connectivity index (χ0) is 11.4. The van der Waals surface area contributed by atoms with Crippen molar-refractivity contribution in [3.8, 4) is 0 Å². The molecule has 15 heavy (non-hydrogen) atoms. The number of nitrogens with one attached hydrogen (secondary N) is 2. The molecule has 0 aromatic heterocycles. The van der Waals surface area contributed by atoms with E-state index in [0.29, 0.717) is 0 Å². The number of halogens is 1. The van der Waals surface area contributed by atoms with Crippen molar-refractivity contribution in [2.45, 2.75) is 13.0 Å². The first-order valence-electron chi connectivity index (χ1n) is 4.54. The molecule has 0 aliphatic rings. The Morgan fingerprint density at radius 1 is 1.53 bits per heavy atom. The topological polar surface area (TPSA) is 67.1 Å². The van der Waals surface area contributed by atoms with Gasteiger partial charge in [0.15, 0.2) is 0 Å². The van der Waals surface area contributed by atoms with Crippen LogP contribution in [-0.2, 0) is 4.79 Å². The molecule has 4 N–H and O–H groups in total. The first-order valence-corrected chi connectivity index (χ1v) is 5.33. The Hall–Kier alpha value is -0.910. The van der Waals surface area contributed by atoms with Gasteiger partial charge in [-0.05, 0) is 30.2 Å². The first-order chi connectivity index (χ1) is 7.06. The van der Waals surface area contributed by atoms with E-state index in [1.165, 1.54) is 0 Å². The van der Waals surface area contributed by atoms with E-state index in [1.54, 1.807) is 7.05 Å². The minimum atomic E-state index is -0.657. The van der Waals surface area contributed by atoms with Gasteiger partial charge in [0.2, 0.25) is 0 Å². The van der Waals surface area contributed by atoms with Crippen molar-refractivity contribution in [1.29, 1.82) is 0 Å². The highest BCUT2D eigenvalue weighted by Gasteiger charge is 2.17. The van der Waals surface area contributed by atoms with E-state index < -0.39 is 6.04 Å². The Morgan fingerprint density at radius 3 is 2.80 bits per heavy atom. The van der Waals surface area contributed by atoms with Gasteiger partial charge in [0.1, 0.15) is 6.04 Å². The molecule has 0 aliphatic heterocycles. The van der Waals surface area contributed by atoms with Gasteiger partial charge in [-0.25, -0.2) is 5.43 Å². The number of rotatable bonds is 3. The summed E-state index contributed by atoms with van der Waals surface area (Å²) in [5.74, 6) is -0.251. The monoisotopic (exact) mass is 271 g/mol. The van der Waals surface area contributed by atoms with E-state index in [2.05, 4.69) is 26.8 Å². The Balaban J connectivity index is 2.94. The summed E-state index contributed by atoms with van der Waals surface area (Å²) in [6.45, 7) is 1.92. The number of nitrogens with two attached hydrogens (primary N) is 1. The second-order valence-electron chi connectivity index (χ2n) is 3.22. The van der Waals surface area contributed by atoms with Crippen molar-refractivity contribution in [1.82, 2.24) is 10.9 Å². The summed E-state index contributed by atoms with van der Waals surface area (Å²) in [6.07, 6.45) is 0. The maximum atomic E-state index is 11.5. The van der Waals surface area contributed by atoms with Gasteiger partial charge >= 0.3 is 0 Å². The summed E-state index contributed by atoms with van der Waals surface area (Å²) >= 11 is 3.35. The molecule has 4 nitrogen and oxygen atoms in total. The zero-order valence-electron chi connectivity index (χ0n) is 8.67. The van der Waals surface area contributed by atoms with Crippen LogP contribution in [0.25, 0.3) is 0 Å². The van der Waals surface area contributed by atoms with Crippen LogP contribution in [0.5, 0.6) is 0 Å². The van der Waals surface area contributed by atoms with Crippen LogP contribution in [-0.4, -0.2) is 13.0 Å². The van der Waals surface area contributed by atoms with Crippen LogP contribution in [0.15, 0.2) is 22.7 Å². The van der Waals surface area contributed by atoms with E-state index in [-0.39, 0.29) is 5.91 Å². The fraction of sp³-hybridized carbons (Fsp3) is 0.300. The minimum absolute atomic E-state index is 0.251. The summed E-state index contributed by atoms with van der Waals surface area (Å²) in [5, 5.41) is 0. The van der Waals surface area contributed by atoms with Crippen molar-refractivity contribution in [2.75, 3.05) is 7.05 Å². The zero-order valence-corrected chi connectivity index (χ0v) is 10.3. The number of carbonyl (C=O) groups is 1. The number of hydrogen-bond donors (Lipinski definition) is 3. The van der Waals surface area contributed by atoms with Gasteiger partial charge in [0, 0.05) is 11.5 Å². The highest BCUT2D eigenvalue weighted by atomic mass is 79.9. The molecule has 0 bridgehead atoms. The van der Waals surface area contributed by atoms with Gasteiger partial charge in [-0.1, -0.05) is 22.0 Å². The largest absolute Gasteiger partial charge is 0.316 e. The molecule has 1 rings (SSSR count). The predicted octanol–water partition coefficient (Wildman–Crippen LogP) is 1.01. The van der Waals surface area contributed by atoms with Crippen LogP contribution >= 0.6 is 15.9 Å². The molecule has 0 saturated carbocycles. The lowest BCUT2D eigenvalue weighted by atomic mass is 10.0. The Kier molecular flexibility index (Phi) is 4.26. The van der Waals surface area contributed by atoms with Crippen LogP contribution in [0.3, 0.4) is 0 Å². The molecule has 0 saturated heterocycles. The highest BCUT2D eigenvalue weighted by molar-refractivity contribution is 9.10. The van der Waals surface area contributed by atoms with Gasteiger partial charge in [-0.3, -0.25) is 10.2 Å². The van der Waals surface area contributed by atoms with E-state index in [4.69, 9.17) is 5.73 Å². The minimum Gasteiger partial charge on any atom is -0.316 e. The maximum absolute atomic E-state index is 11.5. The van der Waals surface area contributed by atoms with Crippen LogP contribution in [0, 0.1) is 6.92 Å². The molecule has 1 amide bonds. The smallest absolute Gasteiger partial charge is 0.255 e. The Bertz CT molecular complexity index is 368. The van der Waals surface area contributed by atoms with Crippen molar-refractivity contribution >= 4 is 21.8 Å². The van der Waals surface area contributed by atoms with Gasteiger partial charge in [-0.15, -0.1) is 0 Å². The number of hydrogen-bond acceptors (Lipinski definition) is 3. The molecule has 1 aromatic carbocycles. The third-order valence-electron chi connectivity index (χ3n) is 2.11. The van der Waals surface area contributed by atoms with E-state index in [1.807, 2.05) is 25.1 Å². The molecule has 1 unspecified atom stereocenters. The predicted molar refractivity (Wildman–Crippen MR) is 63.0 cm³/mol. The molecule has 1 aromatic rings. The molecule has 0 fully saturated rings. The number of hydrazine groups is 1. The second-order valence-corrected chi connectivity index (χ2v) is 4.13. The van der Waals surface area contributed by atoms with E-state index in [9.17, 15) is 4.79 Å². The maximum Gasteiger partial charge on any atom is 0.255 e. The lowest BCUT2D eigenvalue weighted by molar-refractivity contribution is -0.123. The van der Waals surface area contributed by atoms with Crippen molar-refractivity contribution in [3.05, 3.63) is 33.8 Å². The van der Waals surface area contributed by atoms with Crippen LogP contribution in [0.2, 0.25) is 0 Å². The average molecular weight is 272 g/mol. The molecular formula is C10H14BrN3O. The van der Waals surface area contributed by atoms with Gasteiger partial charge in [-0.2, -0.15) is 0 Å². The fourth-order valence-electron chi connectivity index (χ4n) is 1.29. The molecule has 0 spiro atoms. The average Bonchev–Trinajstić information content (AvgIpc) is 2.21. The van der Waals surface area contributed by atoms with Crippen LogP contribution in [0.1, 0.15) is 17.2 Å². The lowest BCUT2D eigenvalue weighted by Crippen LogP contribution is -2.41. The number of benzene rings is 1. The summed E-state index contributed by atoms with van der Waals surface area (Å²) in [6, 6.07) is 5.04. The Labute approximate surface area is 97.3 Å². The van der Waals surface area contributed by atoms with Crippen molar-refractivity contribution in [3.63, 3.8) is 0 Å². The molecule has 1 atom stereocenters. The fourth-order valence-corrected chi connectivity index (χ4v) is 1.67. The number of carbonyl (C=O) groups excluding carboxylic acids is 1. The molecule has 82 valence electrons. The van der Waals surface area contributed by atoms with Crippen LogP contribution < -0.4 is 16.6 Å². The first kappa shape index (κ1) is 12.2. The van der Waals surface area contributed by atoms with E-state index in [0.717, 1.165) is 15.6 Å². The third kappa shape index (κ3) is 3.02. The standard InChI is InChI=1S/C10H14BrN3O/c1-6-3-4-7(11)5-8(6)9(12)10(15)14-13-2/h3-5,9,13H,12H2,1-2H3,(H,14,15). The summed E-state index contributed by atoms with van der Waals surface area (Å²) in [7, 11) is 1.62. The highest BCUT2D eigenvalue weighted by Crippen LogP contribution is 2.20. The van der Waals surface area contributed by atoms with E-state index >= 15 is 0 Å². The number of amides is 1. The summed E-state index contributed by atoms with van der Waals surface area (Å²) in [5.41, 5.74) is 12.7.